The highest BCUT2D eigenvalue weighted by Crippen LogP contribution is 2.23. The van der Waals surface area contributed by atoms with Crippen molar-refractivity contribution in [3.8, 4) is 0 Å². The third-order valence-corrected chi connectivity index (χ3v) is 4.34. The highest BCUT2D eigenvalue weighted by molar-refractivity contribution is 6.34. The molecule has 9 heteroatoms. The number of benzene rings is 2. The summed E-state index contributed by atoms with van der Waals surface area (Å²) in [5, 5.41) is 4.88. The lowest BCUT2D eigenvalue weighted by atomic mass is 9.99. The molecule has 0 saturated carbocycles. The van der Waals surface area contributed by atoms with Gasteiger partial charge in [-0.1, -0.05) is 23.7 Å². The molecule has 0 aliphatic heterocycles. The molecule has 0 radical (unpaired) electrons. The fraction of sp³-hybridized carbons (Fsp3) is 0.318. The van der Waals surface area contributed by atoms with Crippen LogP contribution >= 0.6 is 11.6 Å². The maximum Gasteiger partial charge on any atom is 0.408 e. The van der Waals surface area contributed by atoms with Gasteiger partial charge in [0.2, 0.25) is 0 Å². The molecular formula is C22H23ClF2N2O4. The number of ether oxygens (including phenoxy) is 1. The Balaban J connectivity index is 2.17. The quantitative estimate of drug-likeness (QED) is 0.653. The zero-order chi connectivity index (χ0) is 23.3. The summed E-state index contributed by atoms with van der Waals surface area (Å²) in [7, 11) is 0. The Morgan fingerprint density at radius 3 is 2.29 bits per heavy atom. The second-order valence-electron chi connectivity index (χ2n) is 7.90. The van der Waals surface area contributed by atoms with Gasteiger partial charge < -0.3 is 15.4 Å². The molecule has 0 fully saturated rings. The number of rotatable bonds is 6. The van der Waals surface area contributed by atoms with E-state index in [-0.39, 0.29) is 28.5 Å². The number of Topliss-reactive ketones (excluding diaryl/α,β-unsaturated/α-hetero) is 1. The van der Waals surface area contributed by atoms with Gasteiger partial charge >= 0.3 is 6.09 Å². The first-order chi connectivity index (χ1) is 14.4. The first kappa shape index (κ1) is 24.3. The summed E-state index contributed by atoms with van der Waals surface area (Å²) in [4.78, 5) is 37.2. The normalized spacial score (nSPS) is 12.1. The van der Waals surface area contributed by atoms with Crippen molar-refractivity contribution in [2.75, 3.05) is 5.32 Å². The van der Waals surface area contributed by atoms with Crippen molar-refractivity contribution in [3.05, 3.63) is 64.2 Å². The number of halogens is 3. The van der Waals surface area contributed by atoms with Crippen LogP contribution < -0.4 is 10.6 Å². The van der Waals surface area contributed by atoms with Crippen molar-refractivity contribution in [2.45, 2.75) is 45.8 Å². The Hall–Kier alpha value is -3.00. The summed E-state index contributed by atoms with van der Waals surface area (Å²) in [6.45, 7) is 6.58. The number of hydrogen-bond donors (Lipinski definition) is 2. The van der Waals surface area contributed by atoms with Crippen LogP contribution in [0.4, 0.5) is 19.3 Å². The van der Waals surface area contributed by atoms with E-state index in [4.69, 9.17) is 16.3 Å². The predicted molar refractivity (Wildman–Crippen MR) is 113 cm³/mol. The molecule has 2 rings (SSSR count). The van der Waals surface area contributed by atoms with Crippen LogP contribution in [0.1, 0.15) is 43.6 Å². The number of carbonyl (C=O) groups is 3. The van der Waals surface area contributed by atoms with Gasteiger partial charge in [0.25, 0.3) is 5.91 Å². The molecule has 0 spiro atoms. The van der Waals surface area contributed by atoms with E-state index >= 15 is 0 Å². The molecule has 0 heterocycles. The Bertz CT molecular complexity index is 985. The molecule has 0 aliphatic rings. The molecule has 2 N–H and O–H groups in total. The minimum atomic E-state index is -0.887. The zero-order valence-corrected chi connectivity index (χ0v) is 18.3. The lowest BCUT2D eigenvalue weighted by molar-refractivity contribution is -0.120. The van der Waals surface area contributed by atoms with Crippen LogP contribution in [0.2, 0.25) is 5.02 Å². The first-order valence-corrected chi connectivity index (χ1v) is 9.80. The molecule has 166 valence electrons. The number of nitrogens with one attached hydrogen (secondary N) is 2. The molecule has 0 bridgehead atoms. The number of ketones is 1. The van der Waals surface area contributed by atoms with E-state index in [0.717, 1.165) is 12.1 Å². The topological polar surface area (TPSA) is 84.5 Å². The average Bonchev–Trinajstić information content (AvgIpc) is 2.58. The fourth-order valence-electron chi connectivity index (χ4n) is 2.70. The van der Waals surface area contributed by atoms with Crippen molar-refractivity contribution >= 4 is 35.1 Å². The molecule has 31 heavy (non-hydrogen) atoms. The Labute approximate surface area is 183 Å². The van der Waals surface area contributed by atoms with Crippen molar-refractivity contribution in [1.82, 2.24) is 5.32 Å². The Kier molecular flexibility index (Phi) is 7.73. The van der Waals surface area contributed by atoms with Crippen LogP contribution in [-0.4, -0.2) is 29.4 Å². The third-order valence-electron chi connectivity index (χ3n) is 4.03. The van der Waals surface area contributed by atoms with E-state index in [1.165, 1.54) is 19.1 Å². The smallest absolute Gasteiger partial charge is 0.408 e. The number of alkyl carbamates (subject to hydrolysis) is 1. The van der Waals surface area contributed by atoms with E-state index in [1.54, 1.807) is 26.8 Å². The van der Waals surface area contributed by atoms with Crippen LogP contribution in [-0.2, 0) is 16.0 Å². The molecule has 2 aromatic rings. The van der Waals surface area contributed by atoms with E-state index in [1.807, 2.05) is 0 Å². The van der Waals surface area contributed by atoms with Gasteiger partial charge in [-0.2, -0.15) is 0 Å². The van der Waals surface area contributed by atoms with E-state index in [0.29, 0.717) is 11.6 Å². The van der Waals surface area contributed by atoms with Gasteiger partial charge in [0.15, 0.2) is 5.78 Å². The fourth-order valence-corrected chi connectivity index (χ4v) is 2.98. The highest BCUT2D eigenvalue weighted by Gasteiger charge is 2.23. The van der Waals surface area contributed by atoms with Crippen molar-refractivity contribution in [3.63, 3.8) is 0 Å². The molecule has 6 nitrogen and oxygen atoms in total. The molecule has 1 atom stereocenters. The molecule has 2 amide bonds. The minimum absolute atomic E-state index is 0.00773. The summed E-state index contributed by atoms with van der Waals surface area (Å²) in [6, 6.07) is 6.25. The molecule has 0 aliphatic carbocycles. The second-order valence-corrected chi connectivity index (χ2v) is 8.30. The average molecular weight is 453 g/mol. The summed E-state index contributed by atoms with van der Waals surface area (Å²) in [6.07, 6.45) is -0.955. The number of hydrogen-bond acceptors (Lipinski definition) is 4. The SMILES string of the molecule is C[C@H](NC(=O)OC(C)(C)C)C(=O)Cc1cccc(Cl)c1C(=O)Nc1cc(F)cc(F)c1. The lowest BCUT2D eigenvalue weighted by Crippen LogP contribution is -2.42. The molecule has 0 unspecified atom stereocenters. The standard InChI is InChI=1S/C22H23ClF2N2O4/c1-12(26-21(30)31-22(2,3)4)18(28)8-13-6-5-7-17(23)19(13)20(29)27-16-10-14(24)9-15(25)11-16/h5-7,9-12H,8H2,1-4H3,(H,26,30)(H,27,29)/t12-/m0/s1. The largest absolute Gasteiger partial charge is 0.444 e. The zero-order valence-electron chi connectivity index (χ0n) is 17.5. The van der Waals surface area contributed by atoms with Gasteiger partial charge in [-0.25, -0.2) is 13.6 Å². The van der Waals surface area contributed by atoms with Crippen molar-refractivity contribution in [2.24, 2.45) is 0 Å². The van der Waals surface area contributed by atoms with Gasteiger partial charge in [-0.15, -0.1) is 0 Å². The van der Waals surface area contributed by atoms with Gasteiger partial charge in [-0.05, 0) is 51.5 Å². The van der Waals surface area contributed by atoms with Crippen LogP contribution in [0.15, 0.2) is 36.4 Å². The van der Waals surface area contributed by atoms with Crippen LogP contribution in [0.25, 0.3) is 0 Å². The summed E-state index contributed by atoms with van der Waals surface area (Å²) < 4.78 is 31.9. The number of carbonyl (C=O) groups excluding carboxylic acids is 3. The maximum absolute atomic E-state index is 13.4. The molecule has 0 saturated heterocycles. The number of amides is 2. The Morgan fingerprint density at radius 2 is 1.71 bits per heavy atom. The third kappa shape index (κ3) is 7.32. The summed E-state index contributed by atoms with van der Waals surface area (Å²) in [5.74, 6) is -2.83. The van der Waals surface area contributed by atoms with Crippen molar-refractivity contribution in [1.29, 1.82) is 0 Å². The summed E-state index contributed by atoms with van der Waals surface area (Å²) >= 11 is 6.16. The van der Waals surface area contributed by atoms with Crippen LogP contribution in [0, 0.1) is 11.6 Å². The predicted octanol–water partition coefficient (Wildman–Crippen LogP) is 4.90. The molecule has 2 aromatic carbocycles. The van der Waals surface area contributed by atoms with Crippen LogP contribution in [0.5, 0.6) is 0 Å². The van der Waals surface area contributed by atoms with Crippen LogP contribution in [0.3, 0.4) is 0 Å². The van der Waals surface area contributed by atoms with E-state index in [2.05, 4.69) is 10.6 Å². The van der Waals surface area contributed by atoms with Crippen molar-refractivity contribution < 1.29 is 27.9 Å². The molecule has 0 aromatic heterocycles. The Morgan fingerprint density at radius 1 is 1.10 bits per heavy atom. The van der Waals surface area contributed by atoms with Gasteiger partial charge in [0, 0.05) is 18.2 Å². The van der Waals surface area contributed by atoms with E-state index in [9.17, 15) is 23.2 Å². The second kappa shape index (κ2) is 9.87. The van der Waals surface area contributed by atoms with E-state index < -0.39 is 35.3 Å². The summed E-state index contributed by atoms with van der Waals surface area (Å²) in [5.41, 5.74) is -0.530. The number of anilines is 1. The minimum Gasteiger partial charge on any atom is -0.444 e. The van der Waals surface area contributed by atoms with Gasteiger partial charge in [0.1, 0.15) is 17.2 Å². The monoisotopic (exact) mass is 452 g/mol. The first-order valence-electron chi connectivity index (χ1n) is 9.43. The lowest BCUT2D eigenvalue weighted by Gasteiger charge is -2.21. The van der Waals surface area contributed by atoms with Gasteiger partial charge in [-0.3, -0.25) is 9.59 Å². The highest BCUT2D eigenvalue weighted by atomic mass is 35.5. The van der Waals surface area contributed by atoms with Gasteiger partial charge in [0.05, 0.1) is 16.6 Å². The molecular weight excluding hydrogens is 430 g/mol. The maximum atomic E-state index is 13.4.